The van der Waals surface area contributed by atoms with Crippen LogP contribution in [0.4, 0.5) is 11.4 Å². The number of nitrogens with one attached hydrogen (secondary N) is 2. The van der Waals surface area contributed by atoms with Crippen LogP contribution in [-0.4, -0.2) is 39.1 Å². The van der Waals surface area contributed by atoms with Crippen molar-refractivity contribution >= 4 is 17.3 Å². The van der Waals surface area contributed by atoms with Crippen LogP contribution in [0.1, 0.15) is 27.2 Å². The van der Waals surface area contributed by atoms with Crippen LogP contribution < -0.4 is 20.7 Å². The van der Waals surface area contributed by atoms with Gasteiger partial charge < -0.3 is 9.80 Å². The molecule has 1 aliphatic heterocycles. The standard InChI is InChI=1S/C23H25N5O/c1-27(2)18-11-7-16(8-12-18)23(17-9-13-19(14-10-17)28(3)4)20-6-5-15-24-21(20)22(29)25-26-23/h5-15,26H,1-4H3,(H,25,29). The van der Waals surface area contributed by atoms with Gasteiger partial charge in [0, 0.05) is 51.3 Å². The number of amides is 1. The number of fused-ring (bicyclic) bond motifs is 1. The molecule has 1 aliphatic rings. The zero-order valence-corrected chi connectivity index (χ0v) is 17.1. The Morgan fingerprint density at radius 2 is 1.31 bits per heavy atom. The lowest BCUT2D eigenvalue weighted by Gasteiger charge is -2.40. The van der Waals surface area contributed by atoms with Gasteiger partial charge in [0.15, 0.2) is 0 Å². The summed E-state index contributed by atoms with van der Waals surface area (Å²) in [5, 5.41) is 0. The molecule has 0 bridgehead atoms. The molecular formula is C23H25N5O. The Bertz CT molecular complexity index is 974. The van der Waals surface area contributed by atoms with E-state index in [-0.39, 0.29) is 5.91 Å². The maximum atomic E-state index is 12.5. The first kappa shape index (κ1) is 19.0. The summed E-state index contributed by atoms with van der Waals surface area (Å²) in [7, 11) is 8.07. The molecule has 0 spiro atoms. The summed E-state index contributed by atoms with van der Waals surface area (Å²) in [5.74, 6) is -0.231. The van der Waals surface area contributed by atoms with Gasteiger partial charge in [0.2, 0.25) is 0 Å². The van der Waals surface area contributed by atoms with E-state index in [1.807, 2.05) is 40.3 Å². The van der Waals surface area contributed by atoms with Gasteiger partial charge in [0.25, 0.3) is 5.91 Å². The van der Waals surface area contributed by atoms with Gasteiger partial charge >= 0.3 is 0 Å². The van der Waals surface area contributed by atoms with Crippen molar-refractivity contribution in [3.63, 3.8) is 0 Å². The Labute approximate surface area is 171 Å². The third-order valence-corrected chi connectivity index (χ3v) is 5.42. The molecule has 29 heavy (non-hydrogen) atoms. The van der Waals surface area contributed by atoms with Gasteiger partial charge in [-0.15, -0.1) is 0 Å². The van der Waals surface area contributed by atoms with Crippen molar-refractivity contribution in [1.29, 1.82) is 0 Å². The fourth-order valence-corrected chi connectivity index (χ4v) is 3.81. The Hall–Kier alpha value is -3.38. The Kier molecular flexibility index (Phi) is 4.72. The largest absolute Gasteiger partial charge is 0.378 e. The highest BCUT2D eigenvalue weighted by Gasteiger charge is 2.43. The van der Waals surface area contributed by atoms with Crippen LogP contribution >= 0.6 is 0 Å². The smallest absolute Gasteiger partial charge is 0.284 e. The molecule has 3 aromatic rings. The van der Waals surface area contributed by atoms with Crippen LogP contribution in [0.2, 0.25) is 0 Å². The first-order valence-corrected chi connectivity index (χ1v) is 9.52. The summed E-state index contributed by atoms with van der Waals surface area (Å²) in [6, 6.07) is 20.5. The molecule has 148 valence electrons. The minimum Gasteiger partial charge on any atom is -0.378 e. The second-order valence-electron chi connectivity index (χ2n) is 7.61. The molecule has 1 aromatic heterocycles. The number of pyridine rings is 1. The molecule has 2 N–H and O–H groups in total. The van der Waals surface area contributed by atoms with E-state index in [9.17, 15) is 4.79 Å². The van der Waals surface area contributed by atoms with Crippen molar-refractivity contribution in [1.82, 2.24) is 15.8 Å². The molecule has 6 heteroatoms. The second kappa shape index (κ2) is 7.22. The molecule has 1 amide bonds. The Morgan fingerprint density at radius 3 is 1.79 bits per heavy atom. The molecular weight excluding hydrogens is 362 g/mol. The fourth-order valence-electron chi connectivity index (χ4n) is 3.81. The highest BCUT2D eigenvalue weighted by Crippen LogP contribution is 2.40. The van der Waals surface area contributed by atoms with E-state index < -0.39 is 5.54 Å². The summed E-state index contributed by atoms with van der Waals surface area (Å²) >= 11 is 0. The summed E-state index contributed by atoms with van der Waals surface area (Å²) in [6.07, 6.45) is 1.65. The topological polar surface area (TPSA) is 60.5 Å². The van der Waals surface area contributed by atoms with E-state index in [1.54, 1.807) is 6.20 Å². The third-order valence-electron chi connectivity index (χ3n) is 5.42. The molecule has 0 fully saturated rings. The molecule has 4 rings (SSSR count). The Morgan fingerprint density at radius 1 is 0.793 bits per heavy atom. The molecule has 0 unspecified atom stereocenters. The molecule has 0 saturated heterocycles. The number of anilines is 2. The number of carbonyl (C=O) groups excluding carboxylic acids is 1. The molecule has 0 aliphatic carbocycles. The lowest BCUT2D eigenvalue weighted by molar-refractivity contribution is 0.0891. The van der Waals surface area contributed by atoms with E-state index in [0.29, 0.717) is 5.69 Å². The normalized spacial score (nSPS) is 14.7. The van der Waals surface area contributed by atoms with Crippen LogP contribution in [0.15, 0.2) is 66.9 Å². The van der Waals surface area contributed by atoms with E-state index in [2.05, 4.69) is 74.2 Å². The molecule has 0 radical (unpaired) electrons. The van der Waals surface area contributed by atoms with Crippen molar-refractivity contribution < 1.29 is 4.79 Å². The number of hydrogen-bond acceptors (Lipinski definition) is 5. The first-order chi connectivity index (χ1) is 13.9. The number of nitrogens with zero attached hydrogens (tertiary/aromatic N) is 3. The van der Waals surface area contributed by atoms with Gasteiger partial charge in [0.05, 0.1) is 0 Å². The molecule has 2 aromatic carbocycles. The number of rotatable bonds is 4. The molecule has 6 nitrogen and oxygen atoms in total. The number of carbonyl (C=O) groups is 1. The van der Waals surface area contributed by atoms with E-state index in [4.69, 9.17) is 0 Å². The van der Waals surface area contributed by atoms with Gasteiger partial charge in [-0.1, -0.05) is 30.3 Å². The van der Waals surface area contributed by atoms with Crippen molar-refractivity contribution in [3.8, 4) is 0 Å². The van der Waals surface area contributed by atoms with Crippen molar-refractivity contribution in [2.75, 3.05) is 38.0 Å². The molecule has 0 saturated carbocycles. The number of hydrazine groups is 1. The van der Waals surface area contributed by atoms with E-state index in [0.717, 1.165) is 28.1 Å². The van der Waals surface area contributed by atoms with Crippen molar-refractivity contribution in [3.05, 3.63) is 89.2 Å². The van der Waals surface area contributed by atoms with E-state index >= 15 is 0 Å². The number of aromatic nitrogens is 1. The first-order valence-electron chi connectivity index (χ1n) is 9.52. The minimum absolute atomic E-state index is 0.231. The summed E-state index contributed by atoms with van der Waals surface area (Å²) in [5.41, 5.74) is 10.9. The van der Waals surface area contributed by atoms with Crippen LogP contribution in [0.3, 0.4) is 0 Å². The van der Waals surface area contributed by atoms with Gasteiger partial charge in [-0.3, -0.25) is 15.2 Å². The van der Waals surface area contributed by atoms with Crippen molar-refractivity contribution in [2.45, 2.75) is 5.54 Å². The lowest BCUT2D eigenvalue weighted by atomic mass is 9.75. The van der Waals surface area contributed by atoms with Crippen LogP contribution in [0.5, 0.6) is 0 Å². The van der Waals surface area contributed by atoms with Gasteiger partial charge in [-0.05, 0) is 41.5 Å². The van der Waals surface area contributed by atoms with Crippen molar-refractivity contribution in [2.24, 2.45) is 0 Å². The molecule has 0 atom stereocenters. The highest BCUT2D eigenvalue weighted by molar-refractivity contribution is 5.95. The molecule has 2 heterocycles. The lowest BCUT2D eigenvalue weighted by Crippen LogP contribution is -2.58. The van der Waals surface area contributed by atoms with Gasteiger partial charge in [-0.25, -0.2) is 5.43 Å². The SMILES string of the molecule is CN(C)c1ccc(C2(c3ccc(N(C)C)cc3)NNC(=O)c3ncccc32)cc1. The zero-order chi connectivity index (χ0) is 20.6. The number of benzene rings is 2. The average Bonchev–Trinajstić information content (AvgIpc) is 2.75. The predicted molar refractivity (Wildman–Crippen MR) is 116 cm³/mol. The second-order valence-corrected chi connectivity index (χ2v) is 7.61. The van der Waals surface area contributed by atoms with Gasteiger partial charge in [0.1, 0.15) is 11.2 Å². The minimum atomic E-state index is -0.743. The maximum Gasteiger partial charge on any atom is 0.284 e. The Balaban J connectivity index is 1.95. The highest BCUT2D eigenvalue weighted by atomic mass is 16.2. The predicted octanol–water partition coefficient (Wildman–Crippen LogP) is 2.75. The van der Waals surface area contributed by atoms with Crippen LogP contribution in [0, 0.1) is 0 Å². The maximum absolute atomic E-state index is 12.5. The zero-order valence-electron chi connectivity index (χ0n) is 17.1. The summed E-state index contributed by atoms with van der Waals surface area (Å²) in [6.45, 7) is 0. The summed E-state index contributed by atoms with van der Waals surface area (Å²) < 4.78 is 0. The summed E-state index contributed by atoms with van der Waals surface area (Å²) in [4.78, 5) is 21.0. The monoisotopic (exact) mass is 387 g/mol. The third kappa shape index (κ3) is 3.11. The van der Waals surface area contributed by atoms with E-state index in [1.165, 1.54) is 0 Å². The number of hydrogen-bond donors (Lipinski definition) is 2. The van der Waals surface area contributed by atoms with Crippen LogP contribution in [-0.2, 0) is 5.54 Å². The quantitative estimate of drug-likeness (QED) is 0.721. The fraction of sp³-hybridized carbons (Fsp3) is 0.217. The van der Waals surface area contributed by atoms with Crippen LogP contribution in [0.25, 0.3) is 0 Å². The average molecular weight is 387 g/mol. The van der Waals surface area contributed by atoms with Gasteiger partial charge in [-0.2, -0.15) is 0 Å².